The van der Waals surface area contributed by atoms with E-state index in [0.717, 1.165) is 25.7 Å². The highest BCUT2D eigenvalue weighted by molar-refractivity contribution is 5.74. The Kier molecular flexibility index (Phi) is 5.67. The highest BCUT2D eigenvalue weighted by Crippen LogP contribution is 2.39. The van der Waals surface area contributed by atoms with Gasteiger partial charge in [0.25, 0.3) is 0 Å². The SMILES string of the molecule is O=C(NCc1ccnc(OC(F)F)c1)NC1CCOC2(CCCC2)C1. The number of nitrogens with one attached hydrogen (secondary N) is 2. The number of rotatable bonds is 5. The van der Waals surface area contributed by atoms with Crippen LogP contribution in [0.4, 0.5) is 13.6 Å². The number of pyridine rings is 1. The van der Waals surface area contributed by atoms with E-state index < -0.39 is 6.61 Å². The lowest BCUT2D eigenvalue weighted by atomic mass is 9.89. The van der Waals surface area contributed by atoms with Crippen LogP contribution in [0, 0.1) is 0 Å². The molecule has 1 atom stereocenters. The number of alkyl halides is 2. The standard InChI is InChI=1S/C17H23F2N3O3/c18-15(19)25-14-9-12(3-7-20-14)11-21-16(23)22-13-4-8-24-17(10-13)5-1-2-6-17/h3,7,9,13,15H,1-2,4-6,8,10-11H2,(H2,21,22,23). The summed E-state index contributed by atoms with van der Waals surface area (Å²) in [5.74, 6) is -0.165. The molecule has 6 nitrogen and oxygen atoms in total. The molecule has 25 heavy (non-hydrogen) atoms. The number of amides is 2. The molecule has 0 aromatic carbocycles. The van der Waals surface area contributed by atoms with Crippen LogP contribution in [-0.2, 0) is 11.3 Å². The van der Waals surface area contributed by atoms with E-state index in [0.29, 0.717) is 12.2 Å². The molecule has 1 saturated carbocycles. The van der Waals surface area contributed by atoms with Crippen molar-refractivity contribution in [3.63, 3.8) is 0 Å². The number of nitrogens with zero attached hydrogens (tertiary/aromatic N) is 1. The third-order valence-corrected chi connectivity index (χ3v) is 4.81. The first-order valence-corrected chi connectivity index (χ1v) is 8.63. The van der Waals surface area contributed by atoms with Gasteiger partial charge in [-0.25, -0.2) is 9.78 Å². The Labute approximate surface area is 145 Å². The summed E-state index contributed by atoms with van der Waals surface area (Å²) in [7, 11) is 0. The summed E-state index contributed by atoms with van der Waals surface area (Å²) < 4.78 is 34.6. The minimum Gasteiger partial charge on any atom is -0.417 e. The van der Waals surface area contributed by atoms with Crippen LogP contribution < -0.4 is 15.4 Å². The molecule has 1 aliphatic heterocycles. The predicted octanol–water partition coefficient (Wildman–Crippen LogP) is 2.97. The fraction of sp³-hybridized carbons (Fsp3) is 0.647. The van der Waals surface area contributed by atoms with Crippen molar-refractivity contribution in [2.75, 3.05) is 6.61 Å². The van der Waals surface area contributed by atoms with Gasteiger partial charge in [-0.3, -0.25) is 0 Å². The normalized spacial score (nSPS) is 22.1. The van der Waals surface area contributed by atoms with Crippen LogP contribution >= 0.6 is 0 Å². The Morgan fingerprint density at radius 2 is 2.24 bits per heavy atom. The van der Waals surface area contributed by atoms with E-state index in [9.17, 15) is 13.6 Å². The lowest BCUT2D eigenvalue weighted by Gasteiger charge is -2.38. The number of hydrogen-bond donors (Lipinski definition) is 2. The molecule has 1 spiro atoms. The van der Waals surface area contributed by atoms with E-state index in [-0.39, 0.29) is 30.1 Å². The topological polar surface area (TPSA) is 72.5 Å². The quantitative estimate of drug-likeness (QED) is 0.852. The van der Waals surface area contributed by atoms with Gasteiger partial charge in [0.15, 0.2) is 0 Å². The minimum atomic E-state index is -2.92. The van der Waals surface area contributed by atoms with E-state index in [2.05, 4.69) is 20.4 Å². The van der Waals surface area contributed by atoms with Gasteiger partial charge in [-0.15, -0.1) is 0 Å². The summed E-state index contributed by atoms with van der Waals surface area (Å²) in [5, 5.41) is 5.73. The molecule has 1 unspecified atom stereocenters. The van der Waals surface area contributed by atoms with Crippen molar-refractivity contribution in [1.82, 2.24) is 15.6 Å². The predicted molar refractivity (Wildman–Crippen MR) is 86.4 cm³/mol. The first-order chi connectivity index (χ1) is 12.0. The zero-order valence-corrected chi connectivity index (χ0v) is 14.0. The monoisotopic (exact) mass is 355 g/mol. The van der Waals surface area contributed by atoms with E-state index >= 15 is 0 Å². The second-order valence-electron chi connectivity index (χ2n) is 6.64. The molecule has 2 heterocycles. The largest absolute Gasteiger partial charge is 0.417 e. The summed E-state index contributed by atoms with van der Waals surface area (Å²) in [6.07, 6.45) is 7.52. The highest BCUT2D eigenvalue weighted by Gasteiger charge is 2.40. The van der Waals surface area contributed by atoms with Gasteiger partial charge in [0.2, 0.25) is 5.88 Å². The average molecular weight is 355 g/mol. The Morgan fingerprint density at radius 3 is 3.00 bits per heavy atom. The van der Waals surface area contributed by atoms with E-state index in [1.165, 1.54) is 25.1 Å². The molecule has 1 aromatic rings. The maximum atomic E-state index is 12.2. The van der Waals surface area contributed by atoms with Crippen molar-refractivity contribution in [3.05, 3.63) is 23.9 Å². The van der Waals surface area contributed by atoms with Gasteiger partial charge in [0.05, 0.1) is 5.60 Å². The number of carbonyl (C=O) groups excluding carboxylic acids is 1. The molecule has 3 rings (SSSR count). The molecule has 1 aromatic heterocycles. The zero-order chi connectivity index (χ0) is 17.7. The number of carbonyl (C=O) groups is 1. The van der Waals surface area contributed by atoms with Crippen LogP contribution in [0.3, 0.4) is 0 Å². The van der Waals surface area contributed by atoms with Crippen molar-refractivity contribution in [2.24, 2.45) is 0 Å². The Hall–Kier alpha value is -1.96. The second-order valence-corrected chi connectivity index (χ2v) is 6.64. The van der Waals surface area contributed by atoms with Crippen molar-refractivity contribution < 1.29 is 23.0 Å². The highest BCUT2D eigenvalue weighted by atomic mass is 19.3. The molecule has 0 radical (unpaired) electrons. The fourth-order valence-electron chi connectivity index (χ4n) is 3.65. The van der Waals surface area contributed by atoms with Crippen LogP contribution in [0.5, 0.6) is 5.88 Å². The summed E-state index contributed by atoms with van der Waals surface area (Å²) in [4.78, 5) is 15.8. The molecule has 138 valence electrons. The summed E-state index contributed by atoms with van der Waals surface area (Å²) >= 11 is 0. The number of hydrogen-bond acceptors (Lipinski definition) is 4. The summed E-state index contributed by atoms with van der Waals surface area (Å²) in [6, 6.07) is 2.85. The number of ether oxygens (including phenoxy) is 2. The van der Waals surface area contributed by atoms with Crippen LogP contribution in [0.2, 0.25) is 0 Å². The minimum absolute atomic E-state index is 0.0528. The van der Waals surface area contributed by atoms with Crippen molar-refractivity contribution in [2.45, 2.75) is 63.3 Å². The molecular formula is C17H23F2N3O3. The number of halogens is 2. The van der Waals surface area contributed by atoms with Crippen molar-refractivity contribution in [1.29, 1.82) is 0 Å². The third-order valence-electron chi connectivity index (χ3n) is 4.81. The lowest BCUT2D eigenvalue weighted by molar-refractivity contribution is -0.0820. The van der Waals surface area contributed by atoms with Crippen molar-refractivity contribution in [3.8, 4) is 5.88 Å². The summed E-state index contributed by atoms with van der Waals surface area (Å²) in [5.41, 5.74) is 0.586. The summed E-state index contributed by atoms with van der Waals surface area (Å²) in [6.45, 7) is -2.04. The number of aromatic nitrogens is 1. The third kappa shape index (κ3) is 5.01. The van der Waals surface area contributed by atoms with Gasteiger partial charge in [-0.1, -0.05) is 12.8 Å². The lowest BCUT2D eigenvalue weighted by Crippen LogP contribution is -2.49. The molecule has 2 amide bonds. The first-order valence-electron chi connectivity index (χ1n) is 8.63. The molecule has 1 aliphatic carbocycles. The van der Waals surface area contributed by atoms with Gasteiger partial charge >= 0.3 is 12.6 Å². The fourth-order valence-corrected chi connectivity index (χ4v) is 3.65. The van der Waals surface area contributed by atoms with Gasteiger partial charge in [-0.2, -0.15) is 8.78 Å². The molecule has 2 fully saturated rings. The molecule has 8 heteroatoms. The number of urea groups is 1. The van der Waals surface area contributed by atoms with Gasteiger partial charge in [0.1, 0.15) is 0 Å². The Morgan fingerprint density at radius 1 is 1.44 bits per heavy atom. The molecule has 2 aliphatic rings. The van der Waals surface area contributed by atoms with E-state index in [4.69, 9.17) is 4.74 Å². The molecular weight excluding hydrogens is 332 g/mol. The van der Waals surface area contributed by atoms with Crippen LogP contribution in [0.25, 0.3) is 0 Å². The molecule has 1 saturated heterocycles. The van der Waals surface area contributed by atoms with Crippen LogP contribution in [-0.4, -0.2) is 35.9 Å². The van der Waals surface area contributed by atoms with Crippen LogP contribution in [0.15, 0.2) is 18.3 Å². The first kappa shape index (κ1) is 17.8. The smallest absolute Gasteiger partial charge is 0.388 e. The van der Waals surface area contributed by atoms with E-state index in [1.807, 2.05) is 0 Å². The van der Waals surface area contributed by atoms with Crippen molar-refractivity contribution >= 4 is 6.03 Å². The zero-order valence-electron chi connectivity index (χ0n) is 14.0. The van der Waals surface area contributed by atoms with Gasteiger partial charge < -0.3 is 20.1 Å². The maximum absolute atomic E-state index is 12.2. The average Bonchev–Trinajstić information content (AvgIpc) is 3.00. The van der Waals surface area contributed by atoms with E-state index in [1.54, 1.807) is 6.07 Å². The van der Waals surface area contributed by atoms with Crippen LogP contribution in [0.1, 0.15) is 44.1 Å². The molecule has 2 N–H and O–H groups in total. The maximum Gasteiger partial charge on any atom is 0.388 e. The Bertz CT molecular complexity index is 594. The van der Waals surface area contributed by atoms with Gasteiger partial charge in [-0.05, 0) is 37.3 Å². The second kappa shape index (κ2) is 7.95. The molecule has 0 bridgehead atoms. The Balaban J connectivity index is 1.46. The van der Waals surface area contributed by atoms with Gasteiger partial charge in [0, 0.05) is 31.5 Å².